The maximum absolute atomic E-state index is 14.0. The first-order valence-electron chi connectivity index (χ1n) is 10.8. The van der Waals surface area contributed by atoms with E-state index < -0.39 is 5.41 Å². The van der Waals surface area contributed by atoms with Crippen molar-refractivity contribution in [2.24, 2.45) is 0 Å². The first kappa shape index (κ1) is 18.7. The van der Waals surface area contributed by atoms with Gasteiger partial charge in [0.25, 0.3) is 0 Å². The molecule has 1 amide bonds. The van der Waals surface area contributed by atoms with Crippen molar-refractivity contribution in [2.45, 2.75) is 62.9 Å². The number of nitrogens with zero attached hydrogens (tertiary/aromatic N) is 3. The molecular formula is C23H27FN4O. The molecule has 29 heavy (non-hydrogen) atoms. The lowest BCUT2D eigenvalue weighted by Crippen LogP contribution is -2.45. The van der Waals surface area contributed by atoms with E-state index in [0.717, 1.165) is 87.2 Å². The fourth-order valence-electron chi connectivity index (χ4n) is 5.36. The minimum atomic E-state index is -0.608. The van der Waals surface area contributed by atoms with Gasteiger partial charge in [-0.3, -0.25) is 4.79 Å². The average Bonchev–Trinajstić information content (AvgIpc) is 3.43. The third-order valence-electron chi connectivity index (χ3n) is 6.88. The van der Waals surface area contributed by atoms with Crippen molar-refractivity contribution < 1.29 is 9.18 Å². The van der Waals surface area contributed by atoms with E-state index >= 15 is 0 Å². The molecule has 1 saturated carbocycles. The van der Waals surface area contributed by atoms with Gasteiger partial charge < -0.3 is 10.2 Å². The summed E-state index contributed by atoms with van der Waals surface area (Å²) in [6, 6.07) is 6.57. The maximum atomic E-state index is 14.0. The Bertz CT molecular complexity index is 925. The largest absolute Gasteiger partial charge is 0.332 e. The molecule has 5 rings (SSSR count). The molecule has 2 fully saturated rings. The number of amides is 1. The van der Waals surface area contributed by atoms with Crippen LogP contribution >= 0.6 is 0 Å². The van der Waals surface area contributed by atoms with Crippen molar-refractivity contribution in [3.05, 3.63) is 58.9 Å². The van der Waals surface area contributed by atoms with Crippen molar-refractivity contribution in [2.75, 3.05) is 13.1 Å². The highest BCUT2D eigenvalue weighted by Crippen LogP contribution is 2.45. The normalized spacial score (nSPS) is 23.2. The highest BCUT2D eigenvalue weighted by atomic mass is 19.1. The molecule has 1 saturated heterocycles. The van der Waals surface area contributed by atoms with Gasteiger partial charge in [0.05, 0.1) is 11.5 Å². The zero-order valence-corrected chi connectivity index (χ0v) is 16.7. The van der Waals surface area contributed by atoms with E-state index in [4.69, 9.17) is 4.98 Å². The van der Waals surface area contributed by atoms with Crippen LogP contribution in [0, 0.1) is 5.82 Å². The topological polar surface area (TPSA) is 58.1 Å². The molecule has 1 atom stereocenters. The van der Waals surface area contributed by atoms with Crippen LogP contribution in [0.1, 0.15) is 67.2 Å². The predicted molar refractivity (Wildman–Crippen MR) is 108 cm³/mol. The summed E-state index contributed by atoms with van der Waals surface area (Å²) in [5, 5.41) is 3.35. The van der Waals surface area contributed by atoms with Gasteiger partial charge in [0.1, 0.15) is 5.82 Å². The molecule has 6 heteroatoms. The first-order chi connectivity index (χ1) is 14.2. The van der Waals surface area contributed by atoms with Gasteiger partial charge in [-0.1, -0.05) is 25.0 Å². The lowest BCUT2D eigenvalue weighted by molar-refractivity contribution is -0.138. The van der Waals surface area contributed by atoms with Crippen LogP contribution in [-0.4, -0.2) is 33.9 Å². The van der Waals surface area contributed by atoms with Crippen LogP contribution in [0.15, 0.2) is 30.5 Å². The van der Waals surface area contributed by atoms with Gasteiger partial charge in [-0.25, -0.2) is 14.4 Å². The molecule has 2 aromatic rings. The highest BCUT2D eigenvalue weighted by molar-refractivity contribution is 5.89. The van der Waals surface area contributed by atoms with E-state index in [2.05, 4.69) is 10.3 Å². The smallest absolute Gasteiger partial charge is 0.233 e. The predicted octanol–water partition coefficient (Wildman–Crippen LogP) is 3.44. The number of halogens is 1. The molecular weight excluding hydrogens is 367 g/mol. The molecule has 2 aliphatic heterocycles. The van der Waals surface area contributed by atoms with Crippen molar-refractivity contribution >= 4 is 5.91 Å². The van der Waals surface area contributed by atoms with E-state index in [0.29, 0.717) is 0 Å². The summed E-state index contributed by atoms with van der Waals surface area (Å²) in [7, 11) is 0. The third-order valence-corrected chi connectivity index (χ3v) is 6.88. The van der Waals surface area contributed by atoms with Crippen molar-refractivity contribution in [1.82, 2.24) is 20.2 Å². The quantitative estimate of drug-likeness (QED) is 0.867. The number of carbonyl (C=O) groups excluding carboxylic acids is 1. The van der Waals surface area contributed by atoms with Crippen LogP contribution in [0.4, 0.5) is 4.39 Å². The van der Waals surface area contributed by atoms with Gasteiger partial charge in [-0.05, 0) is 43.4 Å². The van der Waals surface area contributed by atoms with E-state index in [-0.39, 0.29) is 17.8 Å². The second-order valence-corrected chi connectivity index (χ2v) is 8.58. The van der Waals surface area contributed by atoms with Crippen molar-refractivity contribution in [3.63, 3.8) is 0 Å². The fraction of sp³-hybridized carbons (Fsp3) is 0.522. The SMILES string of the molecule is O=C(N1CCC[C@@H]1c1ncc2c(n1)CCNC2)C1(c2cccc(F)c2)CCCC1. The van der Waals surface area contributed by atoms with E-state index in [9.17, 15) is 9.18 Å². The van der Waals surface area contributed by atoms with Crippen LogP contribution in [0.5, 0.6) is 0 Å². The Labute approximate surface area is 170 Å². The zero-order chi connectivity index (χ0) is 19.8. The van der Waals surface area contributed by atoms with Gasteiger partial charge in [0.15, 0.2) is 5.82 Å². The second-order valence-electron chi connectivity index (χ2n) is 8.58. The Kier molecular flexibility index (Phi) is 4.82. The van der Waals surface area contributed by atoms with Crippen LogP contribution in [0.3, 0.4) is 0 Å². The Morgan fingerprint density at radius 2 is 2.10 bits per heavy atom. The highest BCUT2D eigenvalue weighted by Gasteiger charge is 2.48. The van der Waals surface area contributed by atoms with Gasteiger partial charge in [0.2, 0.25) is 5.91 Å². The summed E-state index contributed by atoms with van der Waals surface area (Å²) < 4.78 is 14.0. The number of rotatable bonds is 3. The number of hydrogen-bond donors (Lipinski definition) is 1. The molecule has 1 N–H and O–H groups in total. The Balaban J connectivity index is 1.48. The lowest BCUT2D eigenvalue weighted by Gasteiger charge is -2.35. The standard InChI is InChI=1S/C23H27FN4O/c24-18-6-3-5-17(13-18)23(9-1-2-10-23)22(29)28-12-4-7-20(28)21-26-15-16-14-25-11-8-19(16)27-21/h3,5-6,13,15,20,25H,1-2,4,7-12,14H2/t20-/m1/s1. The third kappa shape index (κ3) is 3.23. The van der Waals surface area contributed by atoms with Gasteiger partial charge in [-0.2, -0.15) is 0 Å². The van der Waals surface area contributed by atoms with Gasteiger partial charge in [0, 0.05) is 43.5 Å². The molecule has 1 aliphatic carbocycles. The number of nitrogens with one attached hydrogen (secondary N) is 1. The summed E-state index contributed by atoms with van der Waals surface area (Å²) in [5.41, 5.74) is 2.47. The second kappa shape index (κ2) is 7.48. The van der Waals surface area contributed by atoms with Crippen LogP contribution in [0.2, 0.25) is 0 Å². The lowest BCUT2D eigenvalue weighted by atomic mass is 9.77. The number of benzene rings is 1. The van der Waals surface area contributed by atoms with Gasteiger partial charge >= 0.3 is 0 Å². The zero-order valence-electron chi connectivity index (χ0n) is 16.7. The molecule has 0 unspecified atom stereocenters. The molecule has 3 heterocycles. The summed E-state index contributed by atoms with van der Waals surface area (Å²) in [6.45, 7) is 2.47. The number of carbonyl (C=O) groups is 1. The summed E-state index contributed by atoms with van der Waals surface area (Å²) in [6.07, 6.45) is 8.25. The number of aromatic nitrogens is 2. The van der Waals surface area contributed by atoms with Crippen molar-refractivity contribution in [1.29, 1.82) is 0 Å². The number of likely N-dealkylation sites (tertiary alicyclic amines) is 1. The van der Waals surface area contributed by atoms with Gasteiger partial charge in [-0.15, -0.1) is 0 Å². The average molecular weight is 394 g/mol. The summed E-state index contributed by atoms with van der Waals surface area (Å²) in [5.74, 6) is 0.626. The van der Waals surface area contributed by atoms with Crippen LogP contribution in [-0.2, 0) is 23.2 Å². The van der Waals surface area contributed by atoms with Crippen LogP contribution < -0.4 is 5.32 Å². The molecule has 3 aliphatic rings. The van der Waals surface area contributed by atoms with Crippen LogP contribution in [0.25, 0.3) is 0 Å². The molecule has 1 aromatic carbocycles. The summed E-state index contributed by atoms with van der Waals surface area (Å²) >= 11 is 0. The minimum absolute atomic E-state index is 0.0753. The minimum Gasteiger partial charge on any atom is -0.332 e. The number of fused-ring (bicyclic) bond motifs is 1. The van der Waals surface area contributed by atoms with E-state index in [1.807, 2.05) is 17.2 Å². The van der Waals surface area contributed by atoms with E-state index in [1.165, 1.54) is 6.07 Å². The molecule has 1 aromatic heterocycles. The van der Waals surface area contributed by atoms with E-state index in [1.54, 1.807) is 12.1 Å². The Morgan fingerprint density at radius 1 is 1.24 bits per heavy atom. The summed E-state index contributed by atoms with van der Waals surface area (Å²) in [4.78, 5) is 25.4. The Hall–Kier alpha value is -2.34. The molecule has 152 valence electrons. The fourth-order valence-corrected chi connectivity index (χ4v) is 5.36. The maximum Gasteiger partial charge on any atom is 0.233 e. The first-order valence-corrected chi connectivity index (χ1v) is 10.8. The molecule has 5 nitrogen and oxygen atoms in total. The molecule has 0 bridgehead atoms. The number of hydrogen-bond acceptors (Lipinski definition) is 4. The van der Waals surface area contributed by atoms with Crippen molar-refractivity contribution in [3.8, 4) is 0 Å². The monoisotopic (exact) mass is 394 g/mol. The molecule has 0 spiro atoms. The Morgan fingerprint density at radius 3 is 2.93 bits per heavy atom. The molecule has 0 radical (unpaired) electrons.